The van der Waals surface area contributed by atoms with Crippen molar-refractivity contribution in [2.24, 2.45) is 5.14 Å². The maximum absolute atomic E-state index is 6.08. The van der Waals surface area contributed by atoms with E-state index >= 15 is 0 Å². The lowest BCUT2D eigenvalue weighted by Gasteiger charge is -2.43. The number of fused-ring (bicyclic) bond motifs is 1. The van der Waals surface area contributed by atoms with Gasteiger partial charge in [0, 0.05) is 5.56 Å². The van der Waals surface area contributed by atoms with Crippen LogP contribution in [0.25, 0.3) is 0 Å². The lowest BCUT2D eigenvalue weighted by molar-refractivity contribution is 0.0499. The Labute approximate surface area is 102 Å². The summed E-state index contributed by atoms with van der Waals surface area (Å²) in [5.74, 6) is 0.969. The number of hydrogen-bond acceptors (Lipinski definition) is 3. The summed E-state index contributed by atoms with van der Waals surface area (Å²) in [7, 11) is 0. The van der Waals surface area contributed by atoms with Gasteiger partial charge in [0.25, 0.3) is 0 Å². The van der Waals surface area contributed by atoms with Crippen LogP contribution in [-0.2, 0) is 5.41 Å². The fourth-order valence-corrected chi connectivity index (χ4v) is 3.13. The summed E-state index contributed by atoms with van der Waals surface area (Å²) in [6.07, 6.45) is 1.02. The normalized spacial score (nSPS) is 21.1. The summed E-state index contributed by atoms with van der Waals surface area (Å²) in [5.41, 5.74) is 1.28. The highest BCUT2D eigenvalue weighted by Gasteiger charge is 2.39. The molecule has 0 spiro atoms. The van der Waals surface area contributed by atoms with Gasteiger partial charge in [-0.15, -0.1) is 0 Å². The Morgan fingerprint density at radius 3 is 2.56 bits per heavy atom. The zero-order valence-electron chi connectivity index (χ0n) is 10.3. The topological polar surface area (TPSA) is 35.2 Å². The second-order valence-electron chi connectivity index (χ2n) is 5.67. The van der Waals surface area contributed by atoms with Crippen molar-refractivity contribution in [1.82, 2.24) is 0 Å². The first-order chi connectivity index (χ1) is 7.36. The van der Waals surface area contributed by atoms with Gasteiger partial charge in [-0.1, -0.05) is 26.0 Å². The van der Waals surface area contributed by atoms with Gasteiger partial charge >= 0.3 is 0 Å². The molecule has 0 aliphatic carbocycles. The lowest BCUT2D eigenvalue weighted by Crippen LogP contribution is -2.41. The van der Waals surface area contributed by atoms with E-state index in [9.17, 15) is 0 Å². The molecule has 0 radical (unpaired) electrons. The Morgan fingerprint density at radius 1 is 1.25 bits per heavy atom. The van der Waals surface area contributed by atoms with Gasteiger partial charge in [0.1, 0.15) is 11.4 Å². The molecule has 2 N–H and O–H groups in total. The van der Waals surface area contributed by atoms with Crippen molar-refractivity contribution in [3.63, 3.8) is 0 Å². The monoisotopic (exact) mass is 237 g/mol. The molecule has 1 aromatic carbocycles. The Morgan fingerprint density at radius 2 is 1.94 bits per heavy atom. The molecule has 88 valence electrons. The zero-order valence-corrected chi connectivity index (χ0v) is 11.1. The molecule has 2 nitrogen and oxygen atoms in total. The molecule has 0 saturated heterocycles. The van der Waals surface area contributed by atoms with Gasteiger partial charge in [0.05, 0.1) is 4.90 Å². The first-order valence-electron chi connectivity index (χ1n) is 5.55. The average molecular weight is 237 g/mol. The Hall–Kier alpha value is -0.670. The summed E-state index contributed by atoms with van der Waals surface area (Å²) >= 11 is 1.26. The van der Waals surface area contributed by atoms with Crippen LogP contribution >= 0.6 is 11.9 Å². The third-order valence-corrected chi connectivity index (χ3v) is 3.66. The van der Waals surface area contributed by atoms with Crippen LogP contribution in [-0.4, -0.2) is 5.60 Å². The van der Waals surface area contributed by atoms with Crippen molar-refractivity contribution in [2.45, 2.75) is 50.0 Å². The summed E-state index contributed by atoms with van der Waals surface area (Å²) in [5, 5.41) is 5.69. The Kier molecular flexibility index (Phi) is 2.71. The van der Waals surface area contributed by atoms with Gasteiger partial charge in [-0.3, -0.25) is 5.14 Å². The van der Waals surface area contributed by atoms with Crippen molar-refractivity contribution in [2.75, 3.05) is 0 Å². The van der Waals surface area contributed by atoms with E-state index in [0.717, 1.165) is 17.1 Å². The van der Waals surface area contributed by atoms with E-state index in [1.54, 1.807) is 0 Å². The van der Waals surface area contributed by atoms with Crippen molar-refractivity contribution in [3.8, 4) is 5.75 Å². The fraction of sp³-hybridized carbons (Fsp3) is 0.538. The number of benzene rings is 1. The van der Waals surface area contributed by atoms with Gasteiger partial charge < -0.3 is 4.74 Å². The summed E-state index contributed by atoms with van der Waals surface area (Å²) < 4.78 is 6.08. The van der Waals surface area contributed by atoms with E-state index in [4.69, 9.17) is 9.88 Å². The molecule has 0 saturated carbocycles. The molecule has 1 heterocycles. The molecule has 0 unspecified atom stereocenters. The predicted molar refractivity (Wildman–Crippen MR) is 68.8 cm³/mol. The molecule has 16 heavy (non-hydrogen) atoms. The minimum atomic E-state index is -0.123. The van der Waals surface area contributed by atoms with Crippen LogP contribution in [0.15, 0.2) is 23.1 Å². The minimum absolute atomic E-state index is 0.123. The zero-order chi connectivity index (χ0) is 12.0. The third-order valence-electron chi connectivity index (χ3n) is 3.08. The van der Waals surface area contributed by atoms with Crippen LogP contribution in [0.2, 0.25) is 0 Å². The van der Waals surface area contributed by atoms with Crippen LogP contribution in [0.4, 0.5) is 0 Å². The first-order valence-corrected chi connectivity index (χ1v) is 6.43. The summed E-state index contributed by atoms with van der Waals surface area (Å²) in [4.78, 5) is 1.03. The van der Waals surface area contributed by atoms with E-state index in [0.29, 0.717) is 0 Å². The average Bonchev–Trinajstić information content (AvgIpc) is 2.14. The van der Waals surface area contributed by atoms with Gasteiger partial charge in [-0.2, -0.15) is 0 Å². The van der Waals surface area contributed by atoms with E-state index < -0.39 is 0 Å². The molecular weight excluding hydrogens is 218 g/mol. The summed E-state index contributed by atoms with van der Waals surface area (Å²) in [6.45, 7) is 8.80. The van der Waals surface area contributed by atoms with Crippen molar-refractivity contribution in [3.05, 3.63) is 23.8 Å². The largest absolute Gasteiger partial charge is 0.486 e. The maximum Gasteiger partial charge on any atom is 0.138 e. The smallest absolute Gasteiger partial charge is 0.138 e. The molecule has 0 amide bonds. The Balaban J connectivity index is 2.59. The van der Waals surface area contributed by atoms with E-state index in [1.165, 1.54) is 17.5 Å². The third kappa shape index (κ3) is 1.94. The molecular formula is C13H19NOS. The Bertz CT molecular complexity index is 412. The number of hydrogen-bond donors (Lipinski definition) is 1. The lowest BCUT2D eigenvalue weighted by atomic mass is 9.74. The molecule has 1 aliphatic rings. The highest BCUT2D eigenvalue weighted by atomic mass is 32.2. The van der Waals surface area contributed by atoms with Crippen molar-refractivity contribution < 1.29 is 4.74 Å². The number of para-hydroxylation sites is 1. The van der Waals surface area contributed by atoms with E-state index in [1.807, 2.05) is 6.07 Å². The minimum Gasteiger partial charge on any atom is -0.486 e. The second kappa shape index (κ2) is 3.67. The number of rotatable bonds is 1. The molecule has 1 aliphatic heterocycles. The van der Waals surface area contributed by atoms with Gasteiger partial charge in [0.2, 0.25) is 0 Å². The molecule has 0 fully saturated rings. The van der Waals surface area contributed by atoms with Crippen molar-refractivity contribution >= 4 is 11.9 Å². The first kappa shape index (κ1) is 11.8. The van der Waals surface area contributed by atoms with Crippen LogP contribution in [0.5, 0.6) is 5.75 Å². The molecule has 1 aromatic rings. The van der Waals surface area contributed by atoms with E-state index in [2.05, 4.69) is 39.8 Å². The number of ether oxygens (including phenoxy) is 1. The second-order valence-corrected chi connectivity index (χ2v) is 6.35. The quantitative estimate of drug-likeness (QED) is 0.759. The van der Waals surface area contributed by atoms with Crippen LogP contribution in [0, 0.1) is 0 Å². The molecule has 0 bridgehead atoms. The molecule has 0 aromatic heterocycles. The molecule has 3 heteroatoms. The van der Waals surface area contributed by atoms with E-state index in [-0.39, 0.29) is 11.0 Å². The molecule has 2 rings (SSSR count). The van der Waals surface area contributed by atoms with Gasteiger partial charge in [0.15, 0.2) is 0 Å². The highest BCUT2D eigenvalue weighted by Crippen LogP contribution is 2.47. The van der Waals surface area contributed by atoms with Gasteiger partial charge in [-0.05, 0) is 43.7 Å². The van der Waals surface area contributed by atoms with Crippen LogP contribution in [0.3, 0.4) is 0 Å². The predicted octanol–water partition coefficient (Wildman–Crippen LogP) is 3.49. The fourth-order valence-electron chi connectivity index (χ4n) is 2.72. The standard InChI is InChI=1S/C13H19NOS/c1-12(2)8-13(3,4)15-11-9(12)6-5-7-10(11)16-14/h5-7H,8,14H2,1-4H3. The highest BCUT2D eigenvalue weighted by molar-refractivity contribution is 7.97. The SMILES string of the molecule is CC1(C)CC(C)(C)c2cccc(SN)c2O1. The van der Waals surface area contributed by atoms with Gasteiger partial charge in [-0.25, -0.2) is 0 Å². The van der Waals surface area contributed by atoms with Crippen LogP contribution in [0.1, 0.15) is 39.7 Å². The van der Waals surface area contributed by atoms with Crippen molar-refractivity contribution in [1.29, 1.82) is 0 Å². The maximum atomic E-state index is 6.08. The number of nitrogens with two attached hydrogens (primary N) is 1. The molecule has 0 atom stereocenters. The summed E-state index contributed by atoms with van der Waals surface area (Å²) in [6, 6.07) is 6.21. The van der Waals surface area contributed by atoms with Crippen LogP contribution < -0.4 is 9.88 Å².